The highest BCUT2D eigenvalue weighted by Crippen LogP contribution is 2.24. The number of carbonyl (C=O) groups is 1. The van der Waals surface area contributed by atoms with Crippen molar-refractivity contribution < 1.29 is 4.79 Å². The lowest BCUT2D eigenvalue weighted by atomic mass is 10.1. The summed E-state index contributed by atoms with van der Waals surface area (Å²) < 4.78 is 0. The van der Waals surface area contributed by atoms with Gasteiger partial charge in [-0.2, -0.15) is 0 Å². The highest BCUT2D eigenvalue weighted by Gasteiger charge is 2.23. The Kier molecular flexibility index (Phi) is 5.40. The Balaban J connectivity index is 1.62. The fraction of sp³-hybridized carbons (Fsp3) is 0.455. The normalized spacial score (nSPS) is 15.0. The van der Waals surface area contributed by atoms with Gasteiger partial charge in [-0.05, 0) is 63.9 Å². The predicted octanol–water partition coefficient (Wildman–Crippen LogP) is 3.87. The number of nitrogens with zero attached hydrogens (tertiary/aromatic N) is 3. The van der Waals surface area contributed by atoms with Crippen LogP contribution in [0.2, 0.25) is 0 Å². The molecule has 0 saturated carbocycles. The van der Waals surface area contributed by atoms with Crippen molar-refractivity contribution in [3.8, 4) is 0 Å². The van der Waals surface area contributed by atoms with Gasteiger partial charge < -0.3 is 15.1 Å². The van der Waals surface area contributed by atoms with Crippen molar-refractivity contribution in [3.63, 3.8) is 0 Å². The Morgan fingerprint density at radius 2 is 1.74 bits per heavy atom. The van der Waals surface area contributed by atoms with Crippen LogP contribution in [0.4, 0.5) is 11.5 Å². The van der Waals surface area contributed by atoms with Crippen LogP contribution in [0.3, 0.4) is 0 Å². The Bertz CT molecular complexity index is 800. The summed E-state index contributed by atoms with van der Waals surface area (Å²) in [7, 11) is 0. The van der Waals surface area contributed by atoms with E-state index in [0.29, 0.717) is 5.56 Å². The van der Waals surface area contributed by atoms with E-state index in [0.717, 1.165) is 32.0 Å². The maximum Gasteiger partial charge on any atom is 0.255 e. The van der Waals surface area contributed by atoms with E-state index in [1.807, 2.05) is 17.0 Å². The van der Waals surface area contributed by atoms with E-state index in [-0.39, 0.29) is 11.4 Å². The summed E-state index contributed by atoms with van der Waals surface area (Å²) >= 11 is 0. The maximum absolute atomic E-state index is 12.8. The SMILES string of the molecule is Cc1cccc(N2CCN(C(=O)c3ccc(NC(C)(C)C)nc3)CC2)c1C. The second kappa shape index (κ2) is 7.59. The zero-order valence-corrected chi connectivity index (χ0v) is 17.0. The molecule has 2 heterocycles. The quantitative estimate of drug-likeness (QED) is 0.896. The van der Waals surface area contributed by atoms with E-state index in [1.165, 1.54) is 16.8 Å². The molecule has 5 heteroatoms. The molecule has 1 fully saturated rings. The number of nitrogens with one attached hydrogen (secondary N) is 1. The van der Waals surface area contributed by atoms with Gasteiger partial charge in [0.15, 0.2) is 0 Å². The number of aryl methyl sites for hydroxylation is 1. The lowest BCUT2D eigenvalue weighted by Gasteiger charge is -2.37. The van der Waals surface area contributed by atoms with Gasteiger partial charge in [-0.25, -0.2) is 4.98 Å². The van der Waals surface area contributed by atoms with Crippen molar-refractivity contribution in [1.29, 1.82) is 0 Å². The summed E-state index contributed by atoms with van der Waals surface area (Å²) in [5, 5.41) is 3.32. The average molecular weight is 367 g/mol. The Labute approximate surface area is 162 Å². The molecular formula is C22H30N4O. The number of hydrogen-bond donors (Lipinski definition) is 1. The van der Waals surface area contributed by atoms with Gasteiger partial charge in [0.1, 0.15) is 5.82 Å². The van der Waals surface area contributed by atoms with Crippen LogP contribution in [-0.2, 0) is 0 Å². The number of anilines is 2. The first-order chi connectivity index (χ1) is 12.7. The molecule has 1 aromatic carbocycles. The summed E-state index contributed by atoms with van der Waals surface area (Å²) in [6.45, 7) is 13.7. The van der Waals surface area contributed by atoms with Crippen LogP contribution in [0.25, 0.3) is 0 Å². The zero-order valence-electron chi connectivity index (χ0n) is 17.0. The lowest BCUT2D eigenvalue weighted by Crippen LogP contribution is -2.49. The minimum Gasteiger partial charge on any atom is -0.368 e. The van der Waals surface area contributed by atoms with E-state index >= 15 is 0 Å². The van der Waals surface area contributed by atoms with Crippen molar-refractivity contribution in [3.05, 3.63) is 53.2 Å². The molecule has 0 bridgehead atoms. The van der Waals surface area contributed by atoms with E-state index in [2.05, 4.69) is 68.0 Å². The molecule has 1 aliphatic rings. The Morgan fingerprint density at radius 1 is 1.04 bits per heavy atom. The fourth-order valence-corrected chi connectivity index (χ4v) is 3.39. The molecule has 0 aliphatic carbocycles. The van der Waals surface area contributed by atoms with Gasteiger partial charge in [-0.1, -0.05) is 12.1 Å². The Hall–Kier alpha value is -2.56. The Morgan fingerprint density at radius 3 is 2.33 bits per heavy atom. The van der Waals surface area contributed by atoms with Crippen LogP contribution in [0.1, 0.15) is 42.3 Å². The summed E-state index contributed by atoms with van der Waals surface area (Å²) in [4.78, 5) is 21.5. The smallest absolute Gasteiger partial charge is 0.255 e. The molecule has 1 aromatic heterocycles. The van der Waals surface area contributed by atoms with Crippen LogP contribution < -0.4 is 10.2 Å². The average Bonchev–Trinajstić information content (AvgIpc) is 2.63. The van der Waals surface area contributed by atoms with Crippen LogP contribution in [0.15, 0.2) is 36.5 Å². The standard InChI is InChI=1S/C22H30N4O/c1-16-7-6-8-19(17(16)2)25-11-13-26(14-12-25)21(27)18-9-10-20(23-15-18)24-22(3,4)5/h6-10,15H,11-14H2,1-5H3,(H,23,24). The molecule has 1 saturated heterocycles. The number of hydrogen-bond acceptors (Lipinski definition) is 4. The summed E-state index contributed by atoms with van der Waals surface area (Å²) in [6.07, 6.45) is 1.67. The number of carbonyl (C=O) groups excluding carboxylic acids is 1. The molecule has 1 amide bonds. The molecule has 144 valence electrons. The van der Waals surface area contributed by atoms with Gasteiger partial charge in [0.05, 0.1) is 5.56 Å². The zero-order chi connectivity index (χ0) is 19.6. The van der Waals surface area contributed by atoms with Gasteiger partial charge in [-0.3, -0.25) is 4.79 Å². The molecule has 5 nitrogen and oxygen atoms in total. The van der Waals surface area contributed by atoms with Crippen LogP contribution in [0.5, 0.6) is 0 Å². The first kappa shape index (κ1) is 19.2. The molecule has 0 radical (unpaired) electrons. The van der Waals surface area contributed by atoms with E-state index < -0.39 is 0 Å². The number of aromatic nitrogens is 1. The second-order valence-electron chi connectivity index (χ2n) is 8.31. The minimum atomic E-state index is -0.0528. The van der Waals surface area contributed by atoms with E-state index in [9.17, 15) is 4.79 Å². The molecule has 2 aromatic rings. The third-order valence-corrected chi connectivity index (χ3v) is 5.00. The molecule has 0 unspecified atom stereocenters. The third kappa shape index (κ3) is 4.59. The van der Waals surface area contributed by atoms with Gasteiger partial charge in [0.2, 0.25) is 0 Å². The molecule has 1 aliphatic heterocycles. The van der Waals surface area contributed by atoms with Crippen LogP contribution in [-0.4, -0.2) is 47.5 Å². The number of pyridine rings is 1. The summed E-state index contributed by atoms with van der Waals surface area (Å²) in [5.41, 5.74) is 4.50. The fourth-order valence-electron chi connectivity index (χ4n) is 3.39. The highest BCUT2D eigenvalue weighted by atomic mass is 16.2. The molecule has 0 atom stereocenters. The lowest BCUT2D eigenvalue weighted by molar-refractivity contribution is 0.0746. The van der Waals surface area contributed by atoms with E-state index in [4.69, 9.17) is 0 Å². The number of rotatable bonds is 3. The van der Waals surface area contributed by atoms with Crippen molar-refractivity contribution in [2.24, 2.45) is 0 Å². The van der Waals surface area contributed by atoms with Gasteiger partial charge in [0.25, 0.3) is 5.91 Å². The molecular weight excluding hydrogens is 336 g/mol. The number of piperazine rings is 1. The first-order valence-corrected chi connectivity index (χ1v) is 9.59. The van der Waals surface area contributed by atoms with Gasteiger partial charge >= 0.3 is 0 Å². The monoisotopic (exact) mass is 366 g/mol. The van der Waals surface area contributed by atoms with Gasteiger partial charge in [-0.15, -0.1) is 0 Å². The molecule has 27 heavy (non-hydrogen) atoms. The second-order valence-corrected chi connectivity index (χ2v) is 8.31. The minimum absolute atomic E-state index is 0.0528. The van der Waals surface area contributed by atoms with E-state index in [1.54, 1.807) is 6.20 Å². The maximum atomic E-state index is 12.8. The largest absolute Gasteiger partial charge is 0.368 e. The first-order valence-electron chi connectivity index (χ1n) is 9.59. The topological polar surface area (TPSA) is 48.5 Å². The summed E-state index contributed by atoms with van der Waals surface area (Å²) in [5.74, 6) is 0.851. The predicted molar refractivity (Wildman–Crippen MR) is 112 cm³/mol. The van der Waals surface area contributed by atoms with Crippen molar-refractivity contribution >= 4 is 17.4 Å². The van der Waals surface area contributed by atoms with Crippen LogP contribution >= 0.6 is 0 Å². The third-order valence-electron chi connectivity index (χ3n) is 5.00. The highest BCUT2D eigenvalue weighted by molar-refractivity contribution is 5.94. The molecule has 3 rings (SSSR count). The van der Waals surface area contributed by atoms with Crippen molar-refractivity contribution in [1.82, 2.24) is 9.88 Å². The molecule has 0 spiro atoms. The van der Waals surface area contributed by atoms with Crippen LogP contribution in [0, 0.1) is 13.8 Å². The molecule has 1 N–H and O–H groups in total. The van der Waals surface area contributed by atoms with Crippen molar-refractivity contribution in [2.45, 2.75) is 40.2 Å². The van der Waals surface area contributed by atoms with Crippen molar-refractivity contribution in [2.75, 3.05) is 36.4 Å². The summed E-state index contributed by atoms with van der Waals surface area (Å²) in [6, 6.07) is 10.2. The van der Waals surface area contributed by atoms with Gasteiger partial charge in [0, 0.05) is 43.6 Å². The number of benzene rings is 1. The number of amides is 1.